The van der Waals surface area contributed by atoms with Crippen molar-refractivity contribution in [1.82, 2.24) is 4.98 Å². The first kappa shape index (κ1) is 8.66. The van der Waals surface area contributed by atoms with Gasteiger partial charge in [0.05, 0.1) is 15.7 Å². The molecule has 1 N–H and O–H groups in total. The maximum Gasteiger partial charge on any atom is 0.0843 e. The molecule has 13 heavy (non-hydrogen) atoms. The maximum atomic E-state index is 8.87. The first-order valence-electron chi connectivity index (χ1n) is 4.25. The molecule has 3 heteroatoms. The molecule has 0 saturated carbocycles. The van der Waals surface area contributed by atoms with Crippen LogP contribution in [0, 0.1) is 6.92 Å². The standard InChI is InChI=1S/C10H11NOS/c1-7-2-3-8(4-5-12)10-9(7)11-6-13-10/h2-3,6,12H,4-5H2,1H3. The zero-order valence-corrected chi connectivity index (χ0v) is 8.27. The summed E-state index contributed by atoms with van der Waals surface area (Å²) in [6.07, 6.45) is 0.721. The minimum Gasteiger partial charge on any atom is -0.396 e. The molecule has 68 valence electrons. The molecule has 0 atom stereocenters. The van der Waals surface area contributed by atoms with Gasteiger partial charge in [0, 0.05) is 6.61 Å². The van der Waals surface area contributed by atoms with Gasteiger partial charge in [-0.25, -0.2) is 4.98 Å². The van der Waals surface area contributed by atoms with Crippen LogP contribution >= 0.6 is 11.3 Å². The lowest BCUT2D eigenvalue weighted by Crippen LogP contribution is -1.91. The molecular weight excluding hydrogens is 182 g/mol. The summed E-state index contributed by atoms with van der Waals surface area (Å²) in [4.78, 5) is 4.30. The van der Waals surface area contributed by atoms with E-state index >= 15 is 0 Å². The Morgan fingerprint density at radius 1 is 1.46 bits per heavy atom. The van der Waals surface area contributed by atoms with Crippen molar-refractivity contribution in [3.05, 3.63) is 28.8 Å². The lowest BCUT2D eigenvalue weighted by Gasteiger charge is -2.01. The number of benzene rings is 1. The van der Waals surface area contributed by atoms with Crippen LogP contribution in [-0.4, -0.2) is 16.7 Å². The number of nitrogens with zero attached hydrogens (tertiary/aromatic N) is 1. The second-order valence-electron chi connectivity index (χ2n) is 3.05. The third-order valence-electron chi connectivity index (χ3n) is 2.15. The normalized spacial score (nSPS) is 10.9. The van der Waals surface area contributed by atoms with Gasteiger partial charge in [-0.15, -0.1) is 11.3 Å². The van der Waals surface area contributed by atoms with Crippen molar-refractivity contribution in [1.29, 1.82) is 0 Å². The second kappa shape index (κ2) is 3.44. The van der Waals surface area contributed by atoms with E-state index in [2.05, 4.69) is 24.0 Å². The summed E-state index contributed by atoms with van der Waals surface area (Å²) in [7, 11) is 0. The number of fused-ring (bicyclic) bond motifs is 1. The van der Waals surface area contributed by atoms with Crippen molar-refractivity contribution >= 4 is 21.6 Å². The summed E-state index contributed by atoms with van der Waals surface area (Å²) in [5, 5.41) is 8.87. The van der Waals surface area contributed by atoms with Crippen LogP contribution in [-0.2, 0) is 6.42 Å². The van der Waals surface area contributed by atoms with Gasteiger partial charge >= 0.3 is 0 Å². The monoisotopic (exact) mass is 193 g/mol. The molecule has 2 nitrogen and oxygen atoms in total. The Morgan fingerprint density at radius 2 is 2.31 bits per heavy atom. The fourth-order valence-electron chi connectivity index (χ4n) is 1.45. The Bertz CT molecular complexity index is 422. The van der Waals surface area contributed by atoms with E-state index in [1.165, 1.54) is 15.8 Å². The predicted octanol–water partition coefficient (Wildman–Crippen LogP) is 2.14. The van der Waals surface area contributed by atoms with Crippen LogP contribution in [0.2, 0.25) is 0 Å². The summed E-state index contributed by atoms with van der Waals surface area (Å²) < 4.78 is 1.22. The summed E-state index contributed by atoms with van der Waals surface area (Å²) >= 11 is 1.65. The van der Waals surface area contributed by atoms with Crippen LogP contribution in [0.1, 0.15) is 11.1 Å². The average molecular weight is 193 g/mol. The molecule has 0 unspecified atom stereocenters. The highest BCUT2D eigenvalue weighted by Gasteiger charge is 2.05. The quantitative estimate of drug-likeness (QED) is 0.792. The van der Waals surface area contributed by atoms with Gasteiger partial charge in [-0.05, 0) is 24.5 Å². The molecule has 1 heterocycles. The van der Waals surface area contributed by atoms with Crippen LogP contribution in [0.3, 0.4) is 0 Å². The van der Waals surface area contributed by atoms with E-state index in [4.69, 9.17) is 5.11 Å². The van der Waals surface area contributed by atoms with E-state index in [1.54, 1.807) is 11.3 Å². The number of hydrogen-bond donors (Lipinski definition) is 1. The molecule has 0 aliphatic carbocycles. The van der Waals surface area contributed by atoms with Gasteiger partial charge in [0.1, 0.15) is 0 Å². The van der Waals surface area contributed by atoms with Crippen LogP contribution in [0.5, 0.6) is 0 Å². The van der Waals surface area contributed by atoms with E-state index in [1.807, 2.05) is 5.51 Å². The predicted molar refractivity (Wildman–Crippen MR) is 55.1 cm³/mol. The van der Waals surface area contributed by atoms with Crippen LogP contribution < -0.4 is 0 Å². The molecule has 1 aromatic carbocycles. The molecule has 0 saturated heterocycles. The van der Waals surface area contributed by atoms with E-state index in [9.17, 15) is 0 Å². The first-order valence-corrected chi connectivity index (χ1v) is 5.13. The molecule has 0 aliphatic rings. The number of thiazole rings is 1. The third kappa shape index (κ3) is 1.45. The van der Waals surface area contributed by atoms with Gasteiger partial charge in [-0.3, -0.25) is 0 Å². The van der Waals surface area contributed by atoms with Gasteiger partial charge in [0.25, 0.3) is 0 Å². The van der Waals surface area contributed by atoms with Crippen molar-refractivity contribution in [3.8, 4) is 0 Å². The second-order valence-corrected chi connectivity index (χ2v) is 3.90. The van der Waals surface area contributed by atoms with Gasteiger partial charge in [0.2, 0.25) is 0 Å². The van der Waals surface area contributed by atoms with E-state index < -0.39 is 0 Å². The summed E-state index contributed by atoms with van der Waals surface area (Å²) in [6, 6.07) is 4.14. The summed E-state index contributed by atoms with van der Waals surface area (Å²) in [6.45, 7) is 2.26. The number of aliphatic hydroxyl groups is 1. The molecule has 0 amide bonds. The highest BCUT2D eigenvalue weighted by Crippen LogP contribution is 2.25. The van der Waals surface area contributed by atoms with Crippen molar-refractivity contribution in [2.24, 2.45) is 0 Å². The van der Waals surface area contributed by atoms with Crippen molar-refractivity contribution in [2.75, 3.05) is 6.61 Å². The molecule has 0 radical (unpaired) electrons. The topological polar surface area (TPSA) is 33.1 Å². The minimum atomic E-state index is 0.204. The van der Waals surface area contributed by atoms with Crippen molar-refractivity contribution in [2.45, 2.75) is 13.3 Å². The average Bonchev–Trinajstić information content (AvgIpc) is 2.59. The van der Waals surface area contributed by atoms with Gasteiger partial charge in [-0.2, -0.15) is 0 Å². The third-order valence-corrected chi connectivity index (χ3v) is 3.05. The molecule has 0 spiro atoms. The highest BCUT2D eigenvalue weighted by molar-refractivity contribution is 7.17. The summed E-state index contributed by atoms with van der Waals surface area (Å²) in [5.74, 6) is 0. The lowest BCUT2D eigenvalue weighted by atomic mass is 10.1. The molecule has 0 fully saturated rings. The Morgan fingerprint density at radius 3 is 3.08 bits per heavy atom. The number of rotatable bonds is 2. The Labute approximate surface area is 80.9 Å². The van der Waals surface area contributed by atoms with Gasteiger partial charge < -0.3 is 5.11 Å². The largest absolute Gasteiger partial charge is 0.396 e. The van der Waals surface area contributed by atoms with Crippen LogP contribution in [0.4, 0.5) is 0 Å². The number of aromatic nitrogens is 1. The molecule has 0 aliphatic heterocycles. The zero-order chi connectivity index (χ0) is 9.26. The number of aryl methyl sites for hydroxylation is 1. The number of hydrogen-bond acceptors (Lipinski definition) is 3. The fourth-order valence-corrected chi connectivity index (χ4v) is 2.36. The SMILES string of the molecule is Cc1ccc(CCO)c2scnc12. The van der Waals surface area contributed by atoms with E-state index in [0.717, 1.165) is 11.9 Å². The van der Waals surface area contributed by atoms with Crippen molar-refractivity contribution < 1.29 is 5.11 Å². The first-order chi connectivity index (χ1) is 6.33. The van der Waals surface area contributed by atoms with Crippen LogP contribution in [0.25, 0.3) is 10.2 Å². The smallest absolute Gasteiger partial charge is 0.0843 e. The van der Waals surface area contributed by atoms with E-state index in [-0.39, 0.29) is 6.61 Å². The minimum absolute atomic E-state index is 0.204. The van der Waals surface area contributed by atoms with Gasteiger partial charge in [0.15, 0.2) is 0 Å². The maximum absolute atomic E-state index is 8.87. The molecule has 2 rings (SSSR count). The van der Waals surface area contributed by atoms with E-state index in [0.29, 0.717) is 0 Å². The van der Waals surface area contributed by atoms with Gasteiger partial charge in [-0.1, -0.05) is 12.1 Å². The Kier molecular flexibility index (Phi) is 2.29. The lowest BCUT2D eigenvalue weighted by molar-refractivity contribution is 0.300. The van der Waals surface area contributed by atoms with Crippen molar-refractivity contribution in [3.63, 3.8) is 0 Å². The zero-order valence-electron chi connectivity index (χ0n) is 7.45. The van der Waals surface area contributed by atoms with Crippen LogP contribution in [0.15, 0.2) is 17.6 Å². The summed E-state index contributed by atoms with van der Waals surface area (Å²) in [5.41, 5.74) is 5.35. The molecular formula is C10H11NOS. The molecule has 1 aromatic heterocycles. The number of aliphatic hydroxyl groups excluding tert-OH is 1. The highest BCUT2D eigenvalue weighted by atomic mass is 32.1. The fraction of sp³-hybridized carbons (Fsp3) is 0.300. The molecule has 2 aromatic rings. The molecule has 0 bridgehead atoms. The Balaban J connectivity index is 2.64. The Hall–Kier alpha value is -0.930.